The van der Waals surface area contributed by atoms with Gasteiger partial charge in [0.1, 0.15) is 0 Å². The van der Waals surface area contributed by atoms with Crippen LogP contribution < -0.4 is 0 Å². The molecule has 1 aromatic carbocycles. The smallest absolute Gasteiger partial charge is 0.309 e. The Morgan fingerprint density at radius 3 is 2.53 bits per heavy atom. The van der Waals surface area contributed by atoms with Crippen LogP contribution in [0.1, 0.15) is 19.4 Å². The number of halogens is 2. The van der Waals surface area contributed by atoms with Crippen molar-refractivity contribution in [2.45, 2.75) is 30.9 Å². The van der Waals surface area contributed by atoms with Crippen molar-refractivity contribution in [2.24, 2.45) is 5.41 Å². The largest absolute Gasteiger partial charge is 0.481 e. The molecule has 2 nitrogen and oxygen atoms in total. The van der Waals surface area contributed by atoms with Crippen LogP contribution in [-0.2, 0) is 11.2 Å². The normalized spacial score (nSPS) is 11.8. The number of carbonyl (C=O) groups is 1. The molecule has 1 rings (SSSR count). The maximum Gasteiger partial charge on any atom is 0.309 e. The lowest BCUT2D eigenvalue weighted by molar-refractivity contribution is -0.146. The van der Waals surface area contributed by atoms with E-state index in [1.807, 2.05) is 0 Å². The van der Waals surface area contributed by atoms with E-state index in [2.05, 4.69) is 0 Å². The Labute approximate surface area is 103 Å². The Kier molecular flexibility index (Phi) is 4.51. The van der Waals surface area contributed by atoms with Gasteiger partial charge in [-0.15, -0.1) is 0 Å². The maximum absolute atomic E-state index is 12.3. The van der Waals surface area contributed by atoms with E-state index >= 15 is 0 Å². The summed E-state index contributed by atoms with van der Waals surface area (Å²) in [5, 5.41) is 9.02. The van der Waals surface area contributed by atoms with E-state index in [4.69, 9.17) is 5.11 Å². The van der Waals surface area contributed by atoms with Crippen LogP contribution in [0.5, 0.6) is 0 Å². The number of carboxylic acids is 1. The van der Waals surface area contributed by atoms with Gasteiger partial charge in [-0.2, -0.15) is 8.78 Å². The third-order valence-electron chi connectivity index (χ3n) is 2.40. The Bertz CT molecular complexity index is 405. The van der Waals surface area contributed by atoms with Gasteiger partial charge in [-0.25, -0.2) is 0 Å². The number of hydrogen-bond acceptors (Lipinski definition) is 2. The van der Waals surface area contributed by atoms with E-state index in [0.29, 0.717) is 22.2 Å². The first kappa shape index (κ1) is 14.0. The molecule has 1 N–H and O–H groups in total. The van der Waals surface area contributed by atoms with Crippen molar-refractivity contribution in [1.29, 1.82) is 0 Å². The van der Waals surface area contributed by atoms with E-state index < -0.39 is 17.1 Å². The average molecular weight is 260 g/mol. The highest BCUT2D eigenvalue weighted by Crippen LogP contribution is 2.32. The molecule has 0 saturated heterocycles. The van der Waals surface area contributed by atoms with Gasteiger partial charge in [0.25, 0.3) is 5.76 Å². The van der Waals surface area contributed by atoms with E-state index in [-0.39, 0.29) is 6.42 Å². The molecule has 0 heterocycles. The molecule has 0 spiro atoms. The number of alkyl halides is 2. The molecule has 5 heteroatoms. The Morgan fingerprint density at radius 2 is 2.00 bits per heavy atom. The standard InChI is InChI=1S/C12H14F2O2S/c1-12(2,10(15)16)7-8-5-3-4-6-9(8)17-11(13)14/h3-6,11H,7H2,1-2H3,(H,15,16). The van der Waals surface area contributed by atoms with Gasteiger partial charge in [0.05, 0.1) is 5.41 Å². The molecule has 0 fully saturated rings. The highest BCUT2D eigenvalue weighted by atomic mass is 32.2. The van der Waals surface area contributed by atoms with Gasteiger partial charge in [0, 0.05) is 4.90 Å². The van der Waals surface area contributed by atoms with Gasteiger partial charge in [0.2, 0.25) is 0 Å². The number of carboxylic acid groups (broad SMARTS) is 1. The van der Waals surface area contributed by atoms with E-state index in [1.54, 1.807) is 38.1 Å². The average Bonchev–Trinajstić information content (AvgIpc) is 2.19. The SMILES string of the molecule is CC(C)(Cc1ccccc1SC(F)F)C(=O)O. The van der Waals surface area contributed by atoms with Crippen molar-refractivity contribution in [1.82, 2.24) is 0 Å². The van der Waals surface area contributed by atoms with Crippen molar-refractivity contribution >= 4 is 17.7 Å². The summed E-state index contributed by atoms with van der Waals surface area (Å²) in [4.78, 5) is 11.4. The predicted molar refractivity (Wildman–Crippen MR) is 63.4 cm³/mol. The number of rotatable bonds is 5. The van der Waals surface area contributed by atoms with Gasteiger partial charge in [-0.05, 0) is 31.9 Å². The fraction of sp³-hybridized carbons (Fsp3) is 0.417. The first-order valence-electron chi connectivity index (χ1n) is 5.09. The van der Waals surface area contributed by atoms with Crippen LogP contribution in [0.15, 0.2) is 29.2 Å². The zero-order chi connectivity index (χ0) is 13.1. The van der Waals surface area contributed by atoms with Crippen molar-refractivity contribution in [3.8, 4) is 0 Å². The monoisotopic (exact) mass is 260 g/mol. The number of aliphatic carboxylic acids is 1. The summed E-state index contributed by atoms with van der Waals surface area (Å²) in [6, 6.07) is 6.67. The third kappa shape index (κ3) is 4.00. The van der Waals surface area contributed by atoms with Gasteiger partial charge in [-0.1, -0.05) is 30.0 Å². The molecule has 0 aromatic heterocycles. The van der Waals surface area contributed by atoms with Crippen molar-refractivity contribution in [3.05, 3.63) is 29.8 Å². The van der Waals surface area contributed by atoms with Crippen molar-refractivity contribution in [2.75, 3.05) is 0 Å². The summed E-state index contributed by atoms with van der Waals surface area (Å²) in [6.45, 7) is 3.16. The number of hydrogen-bond donors (Lipinski definition) is 1. The van der Waals surface area contributed by atoms with Crippen LogP contribution in [0.3, 0.4) is 0 Å². The Morgan fingerprint density at radius 1 is 1.41 bits per heavy atom. The zero-order valence-corrected chi connectivity index (χ0v) is 10.4. The van der Waals surface area contributed by atoms with E-state index in [9.17, 15) is 13.6 Å². The molecular formula is C12H14F2O2S. The summed E-state index contributed by atoms with van der Waals surface area (Å²) >= 11 is 0.451. The minimum absolute atomic E-state index is 0.234. The molecule has 0 aliphatic rings. The van der Waals surface area contributed by atoms with E-state index in [0.717, 1.165) is 0 Å². The minimum atomic E-state index is -2.50. The first-order chi connectivity index (χ1) is 7.83. The van der Waals surface area contributed by atoms with Crippen LogP contribution in [0.25, 0.3) is 0 Å². The fourth-order valence-electron chi connectivity index (χ4n) is 1.41. The minimum Gasteiger partial charge on any atom is -0.481 e. The molecule has 1 aromatic rings. The Balaban J connectivity index is 2.94. The lowest BCUT2D eigenvalue weighted by Gasteiger charge is -2.20. The molecule has 0 aliphatic carbocycles. The van der Waals surface area contributed by atoms with Crippen molar-refractivity contribution in [3.63, 3.8) is 0 Å². The summed E-state index contributed by atoms with van der Waals surface area (Å²) in [5.41, 5.74) is -0.316. The quantitative estimate of drug-likeness (QED) is 0.821. The molecule has 17 heavy (non-hydrogen) atoms. The lowest BCUT2D eigenvalue weighted by Crippen LogP contribution is -2.26. The maximum atomic E-state index is 12.3. The summed E-state index contributed by atoms with van der Waals surface area (Å²) < 4.78 is 24.7. The zero-order valence-electron chi connectivity index (χ0n) is 9.61. The van der Waals surface area contributed by atoms with Crippen LogP contribution in [0.2, 0.25) is 0 Å². The second-order valence-electron chi connectivity index (χ2n) is 4.35. The van der Waals surface area contributed by atoms with Gasteiger partial charge < -0.3 is 5.11 Å². The molecule has 0 amide bonds. The van der Waals surface area contributed by atoms with Crippen LogP contribution in [-0.4, -0.2) is 16.8 Å². The van der Waals surface area contributed by atoms with Crippen LogP contribution >= 0.6 is 11.8 Å². The summed E-state index contributed by atoms with van der Waals surface area (Å²) in [7, 11) is 0. The number of thioether (sulfide) groups is 1. The number of benzene rings is 1. The fourth-order valence-corrected chi connectivity index (χ4v) is 2.05. The first-order valence-corrected chi connectivity index (χ1v) is 5.97. The molecule has 0 atom stereocenters. The lowest BCUT2D eigenvalue weighted by atomic mass is 9.86. The molecule has 0 radical (unpaired) electrons. The van der Waals surface area contributed by atoms with Crippen LogP contribution in [0.4, 0.5) is 8.78 Å². The van der Waals surface area contributed by atoms with E-state index in [1.165, 1.54) is 0 Å². The van der Waals surface area contributed by atoms with Gasteiger partial charge in [0.15, 0.2) is 0 Å². The summed E-state index contributed by atoms with van der Waals surface area (Å²) in [6.07, 6.45) is 0.234. The molecule has 0 unspecified atom stereocenters. The molecule has 0 aliphatic heterocycles. The molecular weight excluding hydrogens is 246 g/mol. The van der Waals surface area contributed by atoms with Crippen molar-refractivity contribution < 1.29 is 18.7 Å². The predicted octanol–water partition coefficient (Wildman–Crippen LogP) is 3.65. The van der Waals surface area contributed by atoms with Crippen LogP contribution in [0, 0.1) is 5.41 Å². The second kappa shape index (κ2) is 5.49. The Hall–Kier alpha value is -1.10. The topological polar surface area (TPSA) is 37.3 Å². The molecule has 94 valence electrons. The second-order valence-corrected chi connectivity index (χ2v) is 5.38. The molecule has 0 bridgehead atoms. The van der Waals surface area contributed by atoms with Gasteiger partial charge in [-0.3, -0.25) is 4.79 Å². The highest BCUT2D eigenvalue weighted by molar-refractivity contribution is 7.99. The molecule has 0 saturated carbocycles. The third-order valence-corrected chi connectivity index (χ3v) is 3.23. The van der Waals surface area contributed by atoms with Gasteiger partial charge >= 0.3 is 5.97 Å². The highest BCUT2D eigenvalue weighted by Gasteiger charge is 2.28. The summed E-state index contributed by atoms with van der Waals surface area (Å²) in [5.74, 6) is -3.43.